The molecule has 0 aromatic heterocycles. The largest absolute Gasteiger partial charge is 0.459 e. The minimum atomic E-state index is -0.433. The number of esters is 1. The number of nitrogens with zero attached hydrogens (tertiary/aromatic N) is 2. The minimum absolute atomic E-state index is 0.0575. The van der Waals surface area contributed by atoms with E-state index in [2.05, 4.69) is 11.0 Å². The van der Waals surface area contributed by atoms with Crippen LogP contribution in [0, 0.1) is 17.2 Å². The van der Waals surface area contributed by atoms with Gasteiger partial charge in [0.15, 0.2) is 0 Å². The molecule has 4 heteroatoms. The van der Waals surface area contributed by atoms with Crippen molar-refractivity contribution in [2.75, 3.05) is 13.1 Å². The molecule has 0 amide bonds. The van der Waals surface area contributed by atoms with Gasteiger partial charge in [-0.2, -0.15) is 5.26 Å². The fraction of sp³-hybridized carbons (Fsp3) is 0.875. The molecule has 0 unspecified atom stereocenters. The van der Waals surface area contributed by atoms with Gasteiger partial charge in [-0.05, 0) is 46.5 Å². The number of piperidine rings is 1. The van der Waals surface area contributed by atoms with Gasteiger partial charge in [-0.25, -0.2) is 0 Å². The molecule has 20 heavy (non-hydrogen) atoms. The molecule has 1 saturated heterocycles. The van der Waals surface area contributed by atoms with Gasteiger partial charge in [0, 0.05) is 19.0 Å². The Morgan fingerprint density at radius 3 is 2.25 bits per heavy atom. The summed E-state index contributed by atoms with van der Waals surface area (Å²) in [6, 6.07) is 2.35. The molecule has 0 spiro atoms. The van der Waals surface area contributed by atoms with Gasteiger partial charge >= 0.3 is 5.97 Å². The second kappa shape index (κ2) is 5.73. The number of rotatable bonds is 2. The van der Waals surface area contributed by atoms with Gasteiger partial charge in [0.2, 0.25) is 0 Å². The zero-order valence-corrected chi connectivity index (χ0v) is 12.9. The molecule has 2 rings (SSSR count). The Bertz CT molecular complexity index is 392. The lowest BCUT2D eigenvalue weighted by Crippen LogP contribution is -2.57. The van der Waals surface area contributed by atoms with Crippen molar-refractivity contribution in [2.24, 2.45) is 5.92 Å². The molecule has 0 atom stereocenters. The first-order valence-electron chi connectivity index (χ1n) is 7.75. The van der Waals surface area contributed by atoms with E-state index in [1.165, 1.54) is 0 Å². The molecular formula is C16H26N2O2. The quantitative estimate of drug-likeness (QED) is 0.729. The predicted molar refractivity (Wildman–Crippen MR) is 77.0 cm³/mol. The van der Waals surface area contributed by atoms with E-state index in [1.54, 1.807) is 0 Å². The molecule has 1 aliphatic heterocycles. The summed E-state index contributed by atoms with van der Waals surface area (Å²) in [6.45, 7) is 7.47. The summed E-state index contributed by atoms with van der Waals surface area (Å²) in [7, 11) is 0. The molecule has 0 bridgehead atoms. The normalized spacial score (nSPS) is 24.3. The maximum atomic E-state index is 12.7. The number of carbonyl (C=O) groups is 1. The first-order valence-corrected chi connectivity index (χ1v) is 7.75. The lowest BCUT2D eigenvalue weighted by atomic mass is 9.89. The van der Waals surface area contributed by atoms with Crippen LogP contribution in [-0.2, 0) is 9.53 Å². The van der Waals surface area contributed by atoms with Gasteiger partial charge in [0.1, 0.15) is 11.1 Å². The lowest BCUT2D eigenvalue weighted by Gasteiger charge is -2.43. The average Bonchev–Trinajstić information content (AvgIpc) is 2.87. The highest BCUT2D eigenvalue weighted by Crippen LogP contribution is 2.39. The van der Waals surface area contributed by atoms with Crippen molar-refractivity contribution < 1.29 is 9.53 Å². The smallest absolute Gasteiger partial charge is 0.327 e. The Labute approximate surface area is 122 Å². The Morgan fingerprint density at radius 1 is 1.25 bits per heavy atom. The minimum Gasteiger partial charge on any atom is -0.459 e. The third-order valence-corrected chi connectivity index (χ3v) is 4.49. The van der Waals surface area contributed by atoms with Crippen molar-refractivity contribution in [1.29, 1.82) is 5.26 Å². The maximum Gasteiger partial charge on any atom is 0.327 e. The third-order valence-electron chi connectivity index (χ3n) is 4.49. The highest BCUT2D eigenvalue weighted by Gasteiger charge is 2.49. The monoisotopic (exact) mass is 278 g/mol. The van der Waals surface area contributed by atoms with E-state index < -0.39 is 11.1 Å². The number of nitriles is 1. The van der Waals surface area contributed by atoms with Gasteiger partial charge in [-0.15, -0.1) is 0 Å². The molecule has 1 aliphatic carbocycles. The molecule has 0 N–H and O–H groups in total. The number of hydrogen-bond donors (Lipinski definition) is 0. The van der Waals surface area contributed by atoms with Crippen molar-refractivity contribution in [2.45, 2.75) is 70.4 Å². The molecule has 0 radical (unpaired) electrons. The van der Waals surface area contributed by atoms with E-state index in [9.17, 15) is 4.79 Å². The van der Waals surface area contributed by atoms with Crippen LogP contribution in [-0.4, -0.2) is 35.1 Å². The van der Waals surface area contributed by atoms with Crippen LogP contribution >= 0.6 is 0 Å². The van der Waals surface area contributed by atoms with Crippen LogP contribution in [0.5, 0.6) is 0 Å². The topological polar surface area (TPSA) is 53.3 Å². The molecule has 1 heterocycles. The van der Waals surface area contributed by atoms with Gasteiger partial charge in [-0.1, -0.05) is 12.8 Å². The highest BCUT2D eigenvalue weighted by molar-refractivity contribution is 5.81. The summed E-state index contributed by atoms with van der Waals surface area (Å²) in [4.78, 5) is 15.0. The molecule has 0 aromatic rings. The highest BCUT2D eigenvalue weighted by atomic mass is 16.6. The van der Waals surface area contributed by atoms with Crippen LogP contribution in [0.4, 0.5) is 0 Å². The van der Waals surface area contributed by atoms with Crippen LogP contribution in [0.15, 0.2) is 0 Å². The van der Waals surface area contributed by atoms with Crippen molar-refractivity contribution >= 4 is 5.97 Å². The molecule has 112 valence electrons. The van der Waals surface area contributed by atoms with E-state index in [-0.39, 0.29) is 11.9 Å². The fourth-order valence-electron chi connectivity index (χ4n) is 3.42. The van der Waals surface area contributed by atoms with Gasteiger partial charge in [-0.3, -0.25) is 9.69 Å². The van der Waals surface area contributed by atoms with E-state index >= 15 is 0 Å². The molecule has 0 aromatic carbocycles. The second-order valence-electron chi connectivity index (χ2n) is 7.13. The van der Waals surface area contributed by atoms with Crippen LogP contribution < -0.4 is 0 Å². The Morgan fingerprint density at radius 2 is 1.80 bits per heavy atom. The number of carbonyl (C=O) groups excluding carboxylic acids is 1. The Kier molecular flexibility index (Phi) is 4.39. The molecule has 1 saturated carbocycles. The fourth-order valence-corrected chi connectivity index (χ4v) is 3.42. The van der Waals surface area contributed by atoms with Crippen LogP contribution in [0.1, 0.15) is 59.3 Å². The first kappa shape index (κ1) is 15.3. The van der Waals surface area contributed by atoms with Crippen molar-refractivity contribution in [3.8, 4) is 6.07 Å². The zero-order chi connectivity index (χ0) is 14.8. The second-order valence-corrected chi connectivity index (χ2v) is 7.13. The van der Waals surface area contributed by atoms with Gasteiger partial charge < -0.3 is 4.74 Å². The molecule has 2 fully saturated rings. The maximum absolute atomic E-state index is 12.7. The Balaban J connectivity index is 2.10. The lowest BCUT2D eigenvalue weighted by molar-refractivity contribution is -0.171. The van der Waals surface area contributed by atoms with E-state index in [0.717, 1.165) is 51.6 Å². The van der Waals surface area contributed by atoms with Gasteiger partial charge in [0.05, 0.1) is 6.07 Å². The van der Waals surface area contributed by atoms with E-state index in [0.29, 0.717) is 0 Å². The summed E-state index contributed by atoms with van der Waals surface area (Å²) in [6.07, 6.45) is 5.75. The summed E-state index contributed by atoms with van der Waals surface area (Å²) >= 11 is 0. The summed E-state index contributed by atoms with van der Waals surface area (Å²) in [5.41, 5.74) is -0.856. The summed E-state index contributed by atoms with van der Waals surface area (Å²) in [5.74, 6) is 0.0984. The van der Waals surface area contributed by atoms with Gasteiger partial charge in [0.25, 0.3) is 0 Å². The van der Waals surface area contributed by atoms with Crippen molar-refractivity contribution in [1.82, 2.24) is 4.90 Å². The first-order chi connectivity index (χ1) is 9.37. The average molecular weight is 278 g/mol. The number of likely N-dealkylation sites (tertiary alicyclic amines) is 1. The number of hydrogen-bond acceptors (Lipinski definition) is 4. The van der Waals surface area contributed by atoms with E-state index in [1.807, 2.05) is 20.8 Å². The van der Waals surface area contributed by atoms with Crippen molar-refractivity contribution in [3.63, 3.8) is 0 Å². The Hall–Kier alpha value is -1.08. The van der Waals surface area contributed by atoms with Crippen LogP contribution in [0.25, 0.3) is 0 Å². The molecule has 2 aliphatic rings. The summed E-state index contributed by atoms with van der Waals surface area (Å²) < 4.78 is 5.69. The van der Waals surface area contributed by atoms with E-state index in [4.69, 9.17) is 10.00 Å². The SMILES string of the molecule is CC(C)(C)OC(=O)C1(N2CCC(C#N)CC2)CCCC1. The van der Waals surface area contributed by atoms with Crippen LogP contribution in [0.2, 0.25) is 0 Å². The number of ether oxygens (including phenoxy) is 1. The zero-order valence-electron chi connectivity index (χ0n) is 12.9. The standard InChI is InChI=1S/C16H26N2O2/c1-15(2,3)20-14(19)16(8-4-5-9-16)18-10-6-13(12-17)7-11-18/h13H,4-11H2,1-3H3. The van der Waals surface area contributed by atoms with Crippen molar-refractivity contribution in [3.05, 3.63) is 0 Å². The molecular weight excluding hydrogens is 252 g/mol. The predicted octanol–water partition coefficient (Wildman–Crippen LogP) is 2.88. The van der Waals surface area contributed by atoms with Crippen LogP contribution in [0.3, 0.4) is 0 Å². The molecule has 4 nitrogen and oxygen atoms in total. The summed E-state index contributed by atoms with van der Waals surface area (Å²) in [5, 5.41) is 9.01. The third kappa shape index (κ3) is 3.15.